The SMILES string of the molecule is CC(S)C(=O)c1ccc(S(C)(=O)=O)cc1. The minimum absolute atomic E-state index is 0.113. The number of hydrogen-bond acceptors (Lipinski definition) is 4. The standard InChI is InChI=1S/C10H12O3S2/c1-7(14)10(11)8-3-5-9(6-4-8)15(2,12)13/h3-7,14H,1-2H3. The average Bonchev–Trinajstić information content (AvgIpc) is 2.15. The van der Waals surface area contributed by atoms with Gasteiger partial charge in [0.05, 0.1) is 10.1 Å². The number of carbonyl (C=O) groups is 1. The van der Waals surface area contributed by atoms with Crippen molar-refractivity contribution in [1.82, 2.24) is 0 Å². The van der Waals surface area contributed by atoms with Crippen LogP contribution in [0.15, 0.2) is 29.2 Å². The van der Waals surface area contributed by atoms with E-state index in [4.69, 9.17) is 0 Å². The molecule has 0 spiro atoms. The summed E-state index contributed by atoms with van der Waals surface area (Å²) in [6, 6.07) is 5.87. The third-order valence-electron chi connectivity index (χ3n) is 1.95. The van der Waals surface area contributed by atoms with Crippen molar-refractivity contribution in [3.05, 3.63) is 29.8 Å². The molecule has 15 heavy (non-hydrogen) atoms. The van der Waals surface area contributed by atoms with Crippen molar-refractivity contribution in [1.29, 1.82) is 0 Å². The van der Waals surface area contributed by atoms with Crippen LogP contribution < -0.4 is 0 Å². The highest BCUT2D eigenvalue weighted by molar-refractivity contribution is 7.90. The first-order chi connectivity index (χ1) is 6.82. The Morgan fingerprint density at radius 1 is 1.27 bits per heavy atom. The zero-order valence-electron chi connectivity index (χ0n) is 8.47. The van der Waals surface area contributed by atoms with E-state index in [9.17, 15) is 13.2 Å². The number of carbonyl (C=O) groups excluding carboxylic acids is 1. The summed E-state index contributed by atoms with van der Waals surface area (Å²) in [5.74, 6) is -0.113. The minimum Gasteiger partial charge on any atom is -0.293 e. The third-order valence-corrected chi connectivity index (χ3v) is 3.31. The maximum Gasteiger partial charge on any atom is 0.175 e. The van der Waals surface area contributed by atoms with Crippen molar-refractivity contribution in [3.8, 4) is 0 Å². The van der Waals surface area contributed by atoms with E-state index in [0.29, 0.717) is 5.56 Å². The molecule has 0 saturated heterocycles. The predicted octanol–water partition coefficient (Wildman–Crippen LogP) is 1.59. The molecule has 0 aromatic heterocycles. The fourth-order valence-electron chi connectivity index (χ4n) is 1.11. The van der Waals surface area contributed by atoms with Crippen molar-refractivity contribution in [2.45, 2.75) is 17.1 Å². The van der Waals surface area contributed by atoms with Crippen LogP contribution in [0, 0.1) is 0 Å². The Kier molecular flexibility index (Phi) is 3.57. The molecule has 0 heterocycles. The quantitative estimate of drug-likeness (QED) is 0.649. The number of ketones is 1. The highest BCUT2D eigenvalue weighted by Gasteiger charge is 2.12. The van der Waals surface area contributed by atoms with Crippen LogP contribution in [-0.2, 0) is 9.84 Å². The summed E-state index contributed by atoms with van der Waals surface area (Å²) < 4.78 is 22.3. The lowest BCUT2D eigenvalue weighted by Gasteiger charge is -2.04. The van der Waals surface area contributed by atoms with E-state index < -0.39 is 9.84 Å². The molecule has 0 amide bonds. The van der Waals surface area contributed by atoms with E-state index in [1.807, 2.05) is 0 Å². The minimum atomic E-state index is -3.20. The molecule has 1 rings (SSSR count). The fraction of sp³-hybridized carbons (Fsp3) is 0.300. The number of sulfone groups is 1. The van der Waals surface area contributed by atoms with Crippen LogP contribution in [0.4, 0.5) is 0 Å². The number of benzene rings is 1. The molecule has 0 aliphatic rings. The van der Waals surface area contributed by atoms with Crippen LogP contribution >= 0.6 is 12.6 Å². The van der Waals surface area contributed by atoms with Crippen molar-refractivity contribution >= 4 is 28.2 Å². The second-order valence-corrected chi connectivity index (χ2v) is 6.13. The smallest absolute Gasteiger partial charge is 0.175 e. The summed E-state index contributed by atoms with van der Waals surface area (Å²) in [5.41, 5.74) is 0.477. The van der Waals surface area contributed by atoms with Gasteiger partial charge in [-0.05, 0) is 19.1 Å². The highest BCUT2D eigenvalue weighted by atomic mass is 32.2. The van der Waals surface area contributed by atoms with Crippen LogP contribution in [-0.4, -0.2) is 25.7 Å². The van der Waals surface area contributed by atoms with Crippen LogP contribution in [0.1, 0.15) is 17.3 Å². The Hall–Kier alpha value is -0.810. The molecule has 3 nitrogen and oxygen atoms in total. The molecule has 0 bridgehead atoms. The average molecular weight is 244 g/mol. The molecule has 82 valence electrons. The predicted molar refractivity (Wildman–Crippen MR) is 62.3 cm³/mol. The van der Waals surface area contributed by atoms with Crippen molar-refractivity contribution < 1.29 is 13.2 Å². The van der Waals surface area contributed by atoms with Gasteiger partial charge in [0.1, 0.15) is 0 Å². The topological polar surface area (TPSA) is 51.2 Å². The molecule has 0 saturated carbocycles. The Bertz CT molecular complexity index is 458. The molecule has 0 aliphatic carbocycles. The van der Waals surface area contributed by atoms with Crippen LogP contribution in [0.2, 0.25) is 0 Å². The molecule has 1 unspecified atom stereocenters. The van der Waals surface area contributed by atoms with E-state index >= 15 is 0 Å². The molecule has 1 aromatic rings. The normalized spacial score (nSPS) is 13.5. The lowest BCUT2D eigenvalue weighted by molar-refractivity contribution is 0.0994. The monoisotopic (exact) mass is 244 g/mol. The number of Topliss-reactive ketones (excluding diaryl/α,β-unsaturated/α-hetero) is 1. The van der Waals surface area contributed by atoms with Crippen LogP contribution in [0.25, 0.3) is 0 Å². The molecular weight excluding hydrogens is 232 g/mol. The van der Waals surface area contributed by atoms with Crippen molar-refractivity contribution in [2.24, 2.45) is 0 Å². The molecule has 0 radical (unpaired) electrons. The van der Waals surface area contributed by atoms with Gasteiger partial charge >= 0.3 is 0 Å². The molecule has 0 aliphatic heterocycles. The van der Waals surface area contributed by atoms with Gasteiger partial charge in [-0.1, -0.05) is 12.1 Å². The molecular formula is C10H12O3S2. The number of hydrogen-bond donors (Lipinski definition) is 1. The van der Waals surface area contributed by atoms with Gasteiger partial charge in [0.2, 0.25) is 0 Å². The van der Waals surface area contributed by atoms with Gasteiger partial charge < -0.3 is 0 Å². The van der Waals surface area contributed by atoms with E-state index in [-0.39, 0.29) is 15.9 Å². The summed E-state index contributed by atoms with van der Waals surface area (Å²) in [6.07, 6.45) is 1.13. The first-order valence-electron chi connectivity index (χ1n) is 4.35. The van der Waals surface area contributed by atoms with Gasteiger partial charge in [-0.25, -0.2) is 8.42 Å². The number of rotatable bonds is 3. The van der Waals surface area contributed by atoms with E-state index in [0.717, 1.165) is 6.26 Å². The largest absolute Gasteiger partial charge is 0.293 e. The zero-order chi connectivity index (χ0) is 11.6. The molecule has 1 atom stereocenters. The van der Waals surface area contributed by atoms with E-state index in [2.05, 4.69) is 12.6 Å². The Morgan fingerprint density at radius 3 is 2.07 bits per heavy atom. The van der Waals surface area contributed by atoms with Gasteiger partial charge in [0.15, 0.2) is 15.6 Å². The Labute approximate surface area is 94.8 Å². The van der Waals surface area contributed by atoms with Crippen molar-refractivity contribution in [2.75, 3.05) is 6.26 Å². The molecule has 0 fully saturated rings. The first-order valence-corrected chi connectivity index (χ1v) is 6.75. The van der Waals surface area contributed by atoms with Gasteiger partial charge in [-0.15, -0.1) is 0 Å². The fourth-order valence-corrected chi connectivity index (χ4v) is 1.89. The van der Waals surface area contributed by atoms with E-state index in [1.54, 1.807) is 6.92 Å². The van der Waals surface area contributed by atoms with E-state index in [1.165, 1.54) is 24.3 Å². The summed E-state index contributed by atoms with van der Waals surface area (Å²) >= 11 is 4.02. The van der Waals surface area contributed by atoms with Gasteiger partial charge in [-0.3, -0.25) is 4.79 Å². The van der Waals surface area contributed by atoms with Gasteiger partial charge in [0, 0.05) is 11.8 Å². The molecule has 0 N–H and O–H groups in total. The van der Waals surface area contributed by atoms with Gasteiger partial charge in [0.25, 0.3) is 0 Å². The summed E-state index contributed by atoms with van der Waals surface area (Å²) in [5, 5.41) is -0.380. The lowest BCUT2D eigenvalue weighted by atomic mass is 10.1. The summed E-state index contributed by atoms with van der Waals surface area (Å²) in [7, 11) is -3.20. The molecule has 1 aromatic carbocycles. The zero-order valence-corrected chi connectivity index (χ0v) is 10.2. The summed E-state index contributed by atoms with van der Waals surface area (Å²) in [4.78, 5) is 11.7. The maximum atomic E-state index is 11.5. The molecule has 5 heteroatoms. The number of thiol groups is 1. The highest BCUT2D eigenvalue weighted by Crippen LogP contribution is 2.13. The van der Waals surface area contributed by atoms with Gasteiger partial charge in [-0.2, -0.15) is 12.6 Å². The first kappa shape index (κ1) is 12.3. The Morgan fingerprint density at radius 2 is 1.73 bits per heavy atom. The lowest BCUT2D eigenvalue weighted by Crippen LogP contribution is -2.10. The van der Waals surface area contributed by atoms with Crippen molar-refractivity contribution in [3.63, 3.8) is 0 Å². The second-order valence-electron chi connectivity index (χ2n) is 3.34. The third kappa shape index (κ3) is 3.07. The summed E-state index contributed by atoms with van der Waals surface area (Å²) in [6.45, 7) is 1.68. The van der Waals surface area contributed by atoms with Crippen LogP contribution in [0.5, 0.6) is 0 Å². The second kappa shape index (κ2) is 4.37. The maximum absolute atomic E-state index is 11.5. The Balaban J connectivity index is 3.06. The van der Waals surface area contributed by atoms with Crippen LogP contribution in [0.3, 0.4) is 0 Å².